The summed E-state index contributed by atoms with van der Waals surface area (Å²) < 4.78 is 0. The van der Waals surface area contributed by atoms with Crippen LogP contribution in [0.1, 0.15) is 64.0 Å². The van der Waals surface area contributed by atoms with Gasteiger partial charge < -0.3 is 74.8 Å². The summed E-state index contributed by atoms with van der Waals surface area (Å²) in [5.41, 5.74) is 17.7. The van der Waals surface area contributed by atoms with Gasteiger partial charge in [0.25, 0.3) is 0 Å². The van der Waals surface area contributed by atoms with Gasteiger partial charge in [-0.1, -0.05) is 74.5 Å². The number of amides is 9. The van der Waals surface area contributed by atoms with Crippen molar-refractivity contribution in [3.05, 3.63) is 71.8 Å². The standard InChI is InChI=1S/C44H62N10O15/c1-22(2)16-26(45)37(61)49-28(17-24-10-6-4-7-11-24)39(63)48-27(14-15-35(59)60)38(62)53-32(21-55)43(67)52-30(19-33(46)57)41(65)50-29(18-25-12-8-5-9-13-25)40(64)51-31(20-34(47)58)42(66)54-36(23(3)56)44(68)69/h4-13,22-23,26-32,36,55-56H,14-21,45H2,1-3H3,(H2,46,57)(H2,47,58)(H,48,63)(H,49,61)(H,50,65)(H,51,64)(H,52,67)(H,53,62)(H,54,66)(H,59,60)(H,68,69)/t23-,26+,27+,28+,29+,30+,31+,32+,36+/m1/s1. The molecule has 0 aliphatic rings. The Morgan fingerprint density at radius 3 is 1.28 bits per heavy atom. The number of carbonyl (C=O) groups is 11. The number of carbonyl (C=O) groups excluding carboxylic acids is 9. The van der Waals surface area contributed by atoms with E-state index in [0.717, 1.165) is 6.92 Å². The SMILES string of the molecule is CC(C)C[C@H](N)C(=O)N[C@@H](Cc1ccccc1)C(=O)N[C@@H](CCC(=O)O)C(=O)N[C@@H](CO)C(=O)N[C@@H](CC(N)=O)C(=O)N[C@@H](Cc1ccccc1)C(=O)N[C@@H](CC(N)=O)C(=O)N[C@H](C(=O)O)[C@@H](C)O. The molecule has 0 bridgehead atoms. The Balaban J connectivity index is 2.40. The highest BCUT2D eigenvalue weighted by atomic mass is 16.4. The summed E-state index contributed by atoms with van der Waals surface area (Å²) in [6, 6.07) is 3.06. The van der Waals surface area contributed by atoms with E-state index >= 15 is 0 Å². The van der Waals surface area contributed by atoms with E-state index in [9.17, 15) is 73.2 Å². The Labute approximate surface area is 396 Å². The van der Waals surface area contributed by atoms with E-state index in [4.69, 9.17) is 17.2 Å². The van der Waals surface area contributed by atoms with Crippen molar-refractivity contribution in [2.75, 3.05) is 6.61 Å². The average Bonchev–Trinajstić information content (AvgIpc) is 3.27. The van der Waals surface area contributed by atoms with E-state index < -0.39 is 152 Å². The van der Waals surface area contributed by atoms with Crippen molar-refractivity contribution in [3.8, 4) is 0 Å². The number of hydrogen-bond donors (Lipinski definition) is 14. The van der Waals surface area contributed by atoms with E-state index in [1.807, 2.05) is 19.2 Å². The number of primary amides is 2. The van der Waals surface area contributed by atoms with Gasteiger partial charge in [-0.3, -0.25) is 47.9 Å². The summed E-state index contributed by atoms with van der Waals surface area (Å²) in [4.78, 5) is 142. The Hall–Kier alpha value is -7.51. The highest BCUT2D eigenvalue weighted by molar-refractivity contribution is 5.99. The molecule has 9 amide bonds. The van der Waals surface area contributed by atoms with Gasteiger partial charge in [0.15, 0.2) is 6.04 Å². The monoisotopic (exact) mass is 970 g/mol. The van der Waals surface area contributed by atoms with Gasteiger partial charge in [-0.15, -0.1) is 0 Å². The largest absolute Gasteiger partial charge is 0.481 e. The average molecular weight is 971 g/mol. The third kappa shape index (κ3) is 20.9. The number of carboxylic acid groups (broad SMARTS) is 2. The molecular formula is C44H62N10O15. The maximum atomic E-state index is 13.8. The number of nitrogens with one attached hydrogen (secondary N) is 7. The minimum atomic E-state index is -1.94. The minimum Gasteiger partial charge on any atom is -0.481 e. The van der Waals surface area contributed by atoms with Gasteiger partial charge in [0, 0.05) is 19.3 Å². The predicted octanol–water partition coefficient (Wildman–Crippen LogP) is -4.69. The van der Waals surface area contributed by atoms with Crippen LogP contribution in [0, 0.1) is 5.92 Å². The van der Waals surface area contributed by atoms with E-state index in [2.05, 4.69) is 31.9 Å². The topological polar surface area (TPSA) is 431 Å². The van der Waals surface area contributed by atoms with Crippen LogP contribution in [-0.4, -0.2) is 147 Å². The first-order chi connectivity index (χ1) is 32.4. The molecule has 9 atom stereocenters. The van der Waals surface area contributed by atoms with Crippen LogP contribution >= 0.6 is 0 Å². The molecule has 0 saturated carbocycles. The van der Waals surface area contributed by atoms with Crippen LogP contribution in [0.4, 0.5) is 0 Å². The van der Waals surface area contributed by atoms with Crippen molar-refractivity contribution < 1.29 is 73.2 Å². The van der Waals surface area contributed by atoms with Crippen LogP contribution in [0.5, 0.6) is 0 Å². The first-order valence-electron chi connectivity index (χ1n) is 21.7. The molecule has 0 fully saturated rings. The summed E-state index contributed by atoms with van der Waals surface area (Å²) in [7, 11) is 0. The lowest BCUT2D eigenvalue weighted by Gasteiger charge is -2.27. The van der Waals surface area contributed by atoms with Crippen molar-refractivity contribution in [3.63, 3.8) is 0 Å². The molecule has 0 heterocycles. The molecule has 0 unspecified atom stereocenters. The molecule has 2 aromatic rings. The number of aliphatic carboxylic acids is 2. The Morgan fingerprint density at radius 2 is 0.884 bits per heavy atom. The van der Waals surface area contributed by atoms with Crippen molar-refractivity contribution in [2.45, 2.75) is 120 Å². The molecule has 0 aliphatic heterocycles. The molecule has 25 nitrogen and oxygen atoms in total. The molecule has 0 spiro atoms. The maximum absolute atomic E-state index is 13.8. The van der Waals surface area contributed by atoms with E-state index in [-0.39, 0.29) is 25.2 Å². The smallest absolute Gasteiger partial charge is 0.328 e. The minimum absolute atomic E-state index is 0.0205. The highest BCUT2D eigenvalue weighted by Gasteiger charge is 2.36. The summed E-state index contributed by atoms with van der Waals surface area (Å²) in [5.74, 6) is -13.0. The number of rotatable bonds is 30. The summed E-state index contributed by atoms with van der Waals surface area (Å²) >= 11 is 0. The lowest BCUT2D eigenvalue weighted by molar-refractivity contribution is -0.145. The van der Waals surface area contributed by atoms with Crippen molar-refractivity contribution >= 4 is 65.1 Å². The van der Waals surface area contributed by atoms with Crippen LogP contribution in [0.15, 0.2) is 60.7 Å². The summed E-state index contributed by atoms with van der Waals surface area (Å²) in [5, 5.41) is 54.8. The van der Waals surface area contributed by atoms with Gasteiger partial charge in [-0.2, -0.15) is 0 Å². The van der Waals surface area contributed by atoms with Gasteiger partial charge in [0.2, 0.25) is 53.2 Å². The molecule has 69 heavy (non-hydrogen) atoms. The Bertz CT molecular complexity index is 2130. The molecule has 17 N–H and O–H groups in total. The van der Waals surface area contributed by atoms with Crippen LogP contribution in [0.2, 0.25) is 0 Å². The molecule has 0 radical (unpaired) electrons. The fraction of sp³-hybridized carbons (Fsp3) is 0.477. The first-order valence-corrected chi connectivity index (χ1v) is 21.7. The molecule has 25 heteroatoms. The second-order valence-electron chi connectivity index (χ2n) is 16.5. The Kier molecular flexibility index (Phi) is 23.9. The fourth-order valence-electron chi connectivity index (χ4n) is 6.57. The lowest BCUT2D eigenvalue weighted by Crippen LogP contribution is -2.61. The molecule has 0 saturated heterocycles. The molecule has 378 valence electrons. The molecule has 2 rings (SSSR count). The molecule has 0 aromatic heterocycles. The lowest BCUT2D eigenvalue weighted by atomic mass is 10.0. The summed E-state index contributed by atoms with van der Waals surface area (Å²) in [6.07, 6.45) is -4.80. The van der Waals surface area contributed by atoms with E-state index in [1.54, 1.807) is 60.7 Å². The van der Waals surface area contributed by atoms with E-state index in [0.29, 0.717) is 11.1 Å². The quantitative estimate of drug-likeness (QED) is 0.0350. The first kappa shape index (κ1) is 57.6. The second-order valence-corrected chi connectivity index (χ2v) is 16.5. The van der Waals surface area contributed by atoms with Gasteiger partial charge in [0.05, 0.1) is 31.6 Å². The molecule has 0 aliphatic carbocycles. The van der Waals surface area contributed by atoms with Crippen LogP contribution in [-0.2, 0) is 65.6 Å². The Morgan fingerprint density at radius 1 is 0.522 bits per heavy atom. The fourth-order valence-corrected chi connectivity index (χ4v) is 6.57. The van der Waals surface area contributed by atoms with Gasteiger partial charge in [-0.05, 0) is 36.8 Å². The van der Waals surface area contributed by atoms with Crippen LogP contribution in [0.25, 0.3) is 0 Å². The number of nitrogens with two attached hydrogens (primary N) is 3. The van der Waals surface area contributed by atoms with Crippen molar-refractivity contribution in [2.24, 2.45) is 23.1 Å². The summed E-state index contributed by atoms with van der Waals surface area (Å²) in [6.45, 7) is 3.57. The number of hydrogen-bond acceptors (Lipinski definition) is 14. The third-order valence-corrected chi connectivity index (χ3v) is 10.1. The van der Waals surface area contributed by atoms with Crippen molar-refractivity contribution in [1.82, 2.24) is 37.2 Å². The number of aliphatic hydroxyl groups excluding tert-OH is 2. The van der Waals surface area contributed by atoms with E-state index in [1.165, 1.54) is 0 Å². The second kappa shape index (κ2) is 28.6. The van der Waals surface area contributed by atoms with Crippen LogP contribution < -0.4 is 54.4 Å². The highest BCUT2D eigenvalue weighted by Crippen LogP contribution is 2.10. The normalized spacial score (nSPS) is 14.9. The van der Waals surface area contributed by atoms with Gasteiger partial charge >= 0.3 is 11.9 Å². The zero-order chi connectivity index (χ0) is 52.0. The predicted molar refractivity (Wildman–Crippen MR) is 242 cm³/mol. The van der Waals surface area contributed by atoms with Gasteiger partial charge in [-0.25, -0.2) is 4.79 Å². The number of benzene rings is 2. The van der Waals surface area contributed by atoms with Gasteiger partial charge in [0.1, 0.15) is 36.3 Å². The number of aliphatic hydroxyl groups is 2. The number of carboxylic acids is 2. The maximum Gasteiger partial charge on any atom is 0.328 e. The third-order valence-electron chi connectivity index (χ3n) is 10.1. The zero-order valence-corrected chi connectivity index (χ0v) is 38.2. The van der Waals surface area contributed by atoms with Crippen molar-refractivity contribution in [1.29, 1.82) is 0 Å². The molecular weight excluding hydrogens is 909 g/mol. The molecule has 2 aromatic carbocycles. The van der Waals surface area contributed by atoms with Crippen LogP contribution in [0.3, 0.4) is 0 Å². The zero-order valence-electron chi connectivity index (χ0n) is 38.2.